The van der Waals surface area contributed by atoms with E-state index in [9.17, 15) is 14.7 Å². The van der Waals surface area contributed by atoms with Crippen LogP contribution >= 0.6 is 11.6 Å². The minimum atomic E-state index is -1.29. The van der Waals surface area contributed by atoms with Gasteiger partial charge in [0.1, 0.15) is 11.7 Å². The molecule has 1 aliphatic carbocycles. The Morgan fingerprint density at radius 1 is 1.55 bits per heavy atom. The molecule has 2 aliphatic rings. The molecule has 0 aromatic carbocycles. The fraction of sp³-hybridized carbons (Fsp3) is 0.600. The van der Waals surface area contributed by atoms with Crippen LogP contribution in [0.1, 0.15) is 26.7 Å². The Morgan fingerprint density at radius 3 is 2.80 bits per heavy atom. The second kappa shape index (κ2) is 5.34. The summed E-state index contributed by atoms with van der Waals surface area (Å²) < 4.78 is 5.30. The number of alkyl halides is 1. The van der Waals surface area contributed by atoms with Gasteiger partial charge < -0.3 is 9.84 Å². The molecule has 1 saturated carbocycles. The largest absolute Gasteiger partial charge is 0.458 e. The highest BCUT2D eigenvalue weighted by Gasteiger charge is 2.50. The molecule has 0 unspecified atom stereocenters. The molecule has 1 aliphatic heterocycles. The van der Waals surface area contributed by atoms with E-state index in [0.29, 0.717) is 18.4 Å². The van der Waals surface area contributed by atoms with E-state index in [1.54, 1.807) is 0 Å². The molecular weight excluding hydrogens is 280 g/mol. The first-order valence-corrected chi connectivity index (χ1v) is 7.15. The van der Waals surface area contributed by atoms with Crippen LogP contribution in [0.5, 0.6) is 0 Å². The van der Waals surface area contributed by atoms with E-state index in [1.165, 1.54) is 19.1 Å². The summed E-state index contributed by atoms with van der Waals surface area (Å²) in [5, 5.41) is 10.2. The lowest BCUT2D eigenvalue weighted by molar-refractivity contribution is -0.140. The molecular formula is C15H19ClO4. The molecule has 0 aromatic rings. The number of allylic oxidation sites excluding steroid dienone is 1. The lowest BCUT2D eigenvalue weighted by Crippen LogP contribution is -2.43. The quantitative estimate of drug-likeness (QED) is 0.481. The van der Waals surface area contributed by atoms with Gasteiger partial charge in [0.05, 0.1) is 5.38 Å². The third-order valence-electron chi connectivity index (χ3n) is 4.34. The maximum atomic E-state index is 11.6. The number of esters is 1. The number of fused-ring (bicyclic) bond motifs is 1. The first-order chi connectivity index (χ1) is 9.25. The van der Waals surface area contributed by atoms with Crippen LogP contribution in [0.15, 0.2) is 24.3 Å². The summed E-state index contributed by atoms with van der Waals surface area (Å²) in [5.41, 5.74) is -0.864. The number of rotatable bonds is 2. The van der Waals surface area contributed by atoms with Crippen molar-refractivity contribution in [3.8, 4) is 0 Å². The number of ketones is 1. The van der Waals surface area contributed by atoms with Gasteiger partial charge in [0.2, 0.25) is 0 Å². The van der Waals surface area contributed by atoms with Crippen molar-refractivity contribution < 1.29 is 19.4 Å². The van der Waals surface area contributed by atoms with E-state index in [1.807, 2.05) is 6.92 Å². The predicted molar refractivity (Wildman–Crippen MR) is 75.3 cm³/mol. The van der Waals surface area contributed by atoms with Gasteiger partial charge in [-0.3, -0.25) is 4.79 Å². The normalized spacial score (nSPS) is 41.4. The van der Waals surface area contributed by atoms with Crippen molar-refractivity contribution in [2.45, 2.75) is 43.8 Å². The zero-order valence-corrected chi connectivity index (χ0v) is 12.4. The number of carbonyl (C=O) groups is 2. The molecule has 2 rings (SSSR count). The molecule has 1 heterocycles. The minimum absolute atomic E-state index is 0.144. The number of ether oxygens (including phenoxy) is 1. The summed E-state index contributed by atoms with van der Waals surface area (Å²) >= 11 is 6.37. The van der Waals surface area contributed by atoms with Crippen LogP contribution < -0.4 is 0 Å². The monoisotopic (exact) mass is 298 g/mol. The third-order valence-corrected chi connectivity index (χ3v) is 4.87. The SMILES string of the molecule is C=C1C(=O)O[C@@H]2C[C@H](C)[C@@](O)(/C=C/C(C)=O)[C@@H](Cl)C[C@H]12. The van der Waals surface area contributed by atoms with Crippen molar-refractivity contribution in [2.24, 2.45) is 11.8 Å². The molecule has 1 N–H and O–H groups in total. The van der Waals surface area contributed by atoms with Gasteiger partial charge in [-0.15, -0.1) is 11.6 Å². The fourth-order valence-corrected chi connectivity index (χ4v) is 3.43. The van der Waals surface area contributed by atoms with Crippen LogP contribution in [0, 0.1) is 11.8 Å². The Hall–Kier alpha value is -1.13. The fourth-order valence-electron chi connectivity index (χ4n) is 2.95. The highest BCUT2D eigenvalue weighted by atomic mass is 35.5. The van der Waals surface area contributed by atoms with E-state index in [2.05, 4.69) is 6.58 Å². The van der Waals surface area contributed by atoms with Gasteiger partial charge in [0.25, 0.3) is 0 Å². The molecule has 0 radical (unpaired) electrons. The van der Waals surface area contributed by atoms with Crippen molar-refractivity contribution in [1.29, 1.82) is 0 Å². The zero-order chi connectivity index (χ0) is 15.1. The molecule has 0 aromatic heterocycles. The van der Waals surface area contributed by atoms with E-state index in [-0.39, 0.29) is 29.7 Å². The summed E-state index contributed by atoms with van der Waals surface area (Å²) in [6, 6.07) is 0. The van der Waals surface area contributed by atoms with Crippen LogP contribution in [0.25, 0.3) is 0 Å². The molecule has 0 bridgehead atoms. The van der Waals surface area contributed by atoms with Gasteiger partial charge in [0, 0.05) is 11.5 Å². The molecule has 5 atom stereocenters. The minimum Gasteiger partial charge on any atom is -0.458 e. The van der Waals surface area contributed by atoms with Crippen molar-refractivity contribution >= 4 is 23.4 Å². The van der Waals surface area contributed by atoms with Crippen LogP contribution in [-0.4, -0.2) is 33.9 Å². The first-order valence-electron chi connectivity index (χ1n) is 6.71. The van der Waals surface area contributed by atoms with E-state index in [4.69, 9.17) is 16.3 Å². The standard InChI is InChI=1S/C15H19ClO4/c1-8-6-12-11(10(3)14(18)20-12)7-13(16)15(8,19)5-4-9(2)17/h4-5,8,11-13,19H,3,6-7H2,1-2H3/b5-4+/t8-,11+,12+,13-,15-/m0/s1. The number of hydrogen-bond acceptors (Lipinski definition) is 4. The predicted octanol–water partition coefficient (Wildman–Crippen LogP) is 2.00. The average Bonchev–Trinajstić information content (AvgIpc) is 2.58. The summed E-state index contributed by atoms with van der Waals surface area (Å²) in [6.45, 7) is 7.02. The van der Waals surface area contributed by atoms with Gasteiger partial charge in [-0.25, -0.2) is 4.79 Å². The van der Waals surface area contributed by atoms with Crippen LogP contribution in [0.3, 0.4) is 0 Å². The topological polar surface area (TPSA) is 63.6 Å². The lowest BCUT2D eigenvalue weighted by atomic mass is 9.83. The number of aliphatic hydroxyl groups is 1. The van der Waals surface area contributed by atoms with Gasteiger partial charge in [0.15, 0.2) is 5.78 Å². The zero-order valence-electron chi connectivity index (χ0n) is 11.6. The van der Waals surface area contributed by atoms with Gasteiger partial charge in [-0.05, 0) is 37.8 Å². The maximum absolute atomic E-state index is 11.6. The summed E-state index contributed by atoms with van der Waals surface area (Å²) in [5.74, 6) is -0.906. The molecule has 1 saturated heterocycles. The van der Waals surface area contributed by atoms with E-state index in [0.717, 1.165) is 0 Å². The summed E-state index contributed by atoms with van der Waals surface area (Å²) in [7, 11) is 0. The Labute approximate surface area is 123 Å². The molecule has 20 heavy (non-hydrogen) atoms. The van der Waals surface area contributed by atoms with Crippen molar-refractivity contribution in [1.82, 2.24) is 0 Å². The smallest absolute Gasteiger partial charge is 0.334 e. The summed E-state index contributed by atoms with van der Waals surface area (Å²) in [4.78, 5) is 22.7. The van der Waals surface area contributed by atoms with E-state index >= 15 is 0 Å². The van der Waals surface area contributed by atoms with E-state index < -0.39 is 11.0 Å². The third kappa shape index (κ3) is 2.54. The Balaban J connectivity index is 2.29. The highest BCUT2D eigenvalue weighted by molar-refractivity contribution is 6.21. The lowest BCUT2D eigenvalue weighted by Gasteiger charge is -2.33. The second-order valence-corrected chi connectivity index (χ2v) is 6.27. The summed E-state index contributed by atoms with van der Waals surface area (Å²) in [6.07, 6.45) is 3.43. The molecule has 5 heteroatoms. The van der Waals surface area contributed by atoms with Gasteiger partial charge in [-0.2, -0.15) is 0 Å². The molecule has 4 nitrogen and oxygen atoms in total. The second-order valence-electron chi connectivity index (χ2n) is 5.75. The van der Waals surface area contributed by atoms with Crippen molar-refractivity contribution in [3.63, 3.8) is 0 Å². The van der Waals surface area contributed by atoms with Crippen LogP contribution in [0.2, 0.25) is 0 Å². The Morgan fingerprint density at radius 2 is 2.20 bits per heavy atom. The maximum Gasteiger partial charge on any atom is 0.334 e. The molecule has 2 fully saturated rings. The number of carbonyl (C=O) groups excluding carboxylic acids is 2. The molecule has 0 amide bonds. The van der Waals surface area contributed by atoms with Crippen LogP contribution in [-0.2, 0) is 14.3 Å². The molecule has 110 valence electrons. The number of hydrogen-bond donors (Lipinski definition) is 1. The van der Waals surface area contributed by atoms with Crippen molar-refractivity contribution in [2.75, 3.05) is 0 Å². The van der Waals surface area contributed by atoms with Gasteiger partial charge >= 0.3 is 5.97 Å². The Bertz CT molecular complexity index is 484. The molecule has 0 spiro atoms. The average molecular weight is 299 g/mol. The van der Waals surface area contributed by atoms with Gasteiger partial charge in [-0.1, -0.05) is 13.5 Å². The van der Waals surface area contributed by atoms with Crippen molar-refractivity contribution in [3.05, 3.63) is 24.3 Å². The first kappa shape index (κ1) is 15.3. The van der Waals surface area contributed by atoms with Crippen LogP contribution in [0.4, 0.5) is 0 Å². The Kier molecular flexibility index (Phi) is 4.07. The highest BCUT2D eigenvalue weighted by Crippen LogP contribution is 2.45. The number of halogens is 1.